The number of fused-ring (bicyclic) bond motifs is 1. The number of benzene rings is 1. The minimum atomic E-state index is -0.346. The first-order valence-electron chi connectivity index (χ1n) is 7.09. The molecule has 3 heteroatoms. The van der Waals surface area contributed by atoms with Crippen LogP contribution in [-0.4, -0.2) is 4.98 Å². The third kappa shape index (κ3) is 2.16. The fraction of sp³-hybridized carbons (Fsp3) is 0.562. The predicted octanol–water partition coefficient (Wildman–Crippen LogP) is 3.85. The van der Waals surface area contributed by atoms with E-state index in [-0.39, 0.29) is 11.0 Å². The molecule has 1 saturated carbocycles. The molecule has 1 aromatic carbocycles. The number of hydrogen-bond donors (Lipinski definition) is 1. The van der Waals surface area contributed by atoms with Crippen LogP contribution in [0.2, 0.25) is 0 Å². The fourth-order valence-electron chi connectivity index (χ4n) is 2.83. The van der Waals surface area contributed by atoms with E-state index in [2.05, 4.69) is 37.9 Å². The van der Waals surface area contributed by atoms with Gasteiger partial charge in [0, 0.05) is 0 Å². The van der Waals surface area contributed by atoms with Crippen molar-refractivity contribution < 1.29 is 4.42 Å². The Bertz CT molecular complexity index is 601. The summed E-state index contributed by atoms with van der Waals surface area (Å²) in [6, 6.07) is 6.26. The van der Waals surface area contributed by atoms with Crippen molar-refractivity contribution in [3.05, 3.63) is 29.7 Å². The summed E-state index contributed by atoms with van der Waals surface area (Å²) in [5.41, 5.74) is 9.24. The van der Waals surface area contributed by atoms with Crippen LogP contribution in [0.25, 0.3) is 11.1 Å². The number of hydrogen-bond acceptors (Lipinski definition) is 3. The van der Waals surface area contributed by atoms with E-state index in [1.165, 1.54) is 18.4 Å². The number of rotatable bonds is 1. The molecular weight excluding hydrogens is 236 g/mol. The van der Waals surface area contributed by atoms with E-state index >= 15 is 0 Å². The van der Waals surface area contributed by atoms with E-state index in [9.17, 15) is 0 Å². The van der Waals surface area contributed by atoms with Crippen LogP contribution in [0.5, 0.6) is 0 Å². The molecule has 1 aliphatic rings. The van der Waals surface area contributed by atoms with Crippen molar-refractivity contribution in [3.8, 4) is 0 Å². The quantitative estimate of drug-likeness (QED) is 0.845. The topological polar surface area (TPSA) is 52.0 Å². The molecule has 0 radical (unpaired) electrons. The van der Waals surface area contributed by atoms with Crippen molar-refractivity contribution in [1.82, 2.24) is 4.98 Å². The highest BCUT2D eigenvalue weighted by Crippen LogP contribution is 2.37. The minimum absolute atomic E-state index is 0.126. The van der Waals surface area contributed by atoms with Crippen LogP contribution in [-0.2, 0) is 11.0 Å². The summed E-state index contributed by atoms with van der Waals surface area (Å²) in [6.45, 7) is 6.61. The molecule has 0 aliphatic heterocycles. The third-order valence-corrected chi connectivity index (χ3v) is 4.18. The van der Waals surface area contributed by atoms with Gasteiger partial charge in [-0.25, -0.2) is 4.98 Å². The molecule has 1 aromatic heterocycles. The first-order valence-corrected chi connectivity index (χ1v) is 7.09. The number of nitrogens with zero attached hydrogens (tertiary/aromatic N) is 1. The zero-order valence-electron chi connectivity index (χ0n) is 12.0. The van der Waals surface area contributed by atoms with Crippen LogP contribution in [0, 0.1) is 0 Å². The summed E-state index contributed by atoms with van der Waals surface area (Å²) in [5, 5.41) is 0. The smallest absolute Gasteiger partial charge is 0.215 e. The second-order valence-electron chi connectivity index (χ2n) is 6.81. The van der Waals surface area contributed by atoms with Crippen molar-refractivity contribution in [2.75, 3.05) is 0 Å². The van der Waals surface area contributed by atoms with Gasteiger partial charge in [-0.15, -0.1) is 0 Å². The van der Waals surface area contributed by atoms with E-state index in [1.54, 1.807) is 0 Å². The molecule has 3 nitrogen and oxygen atoms in total. The Kier molecular flexibility index (Phi) is 2.72. The summed E-state index contributed by atoms with van der Waals surface area (Å²) < 4.78 is 5.89. The maximum absolute atomic E-state index is 6.41. The average molecular weight is 258 g/mol. The van der Waals surface area contributed by atoms with E-state index in [0.717, 1.165) is 23.9 Å². The number of aromatic nitrogens is 1. The Morgan fingerprint density at radius 1 is 1.21 bits per heavy atom. The van der Waals surface area contributed by atoms with Gasteiger partial charge in [0.25, 0.3) is 0 Å². The van der Waals surface area contributed by atoms with Gasteiger partial charge in [-0.3, -0.25) is 0 Å². The van der Waals surface area contributed by atoms with E-state index < -0.39 is 0 Å². The van der Waals surface area contributed by atoms with Crippen LogP contribution in [0.3, 0.4) is 0 Å². The highest BCUT2D eigenvalue weighted by atomic mass is 16.4. The summed E-state index contributed by atoms with van der Waals surface area (Å²) in [6.07, 6.45) is 4.29. The molecule has 19 heavy (non-hydrogen) atoms. The Hall–Kier alpha value is -1.35. The van der Waals surface area contributed by atoms with Crippen molar-refractivity contribution in [3.63, 3.8) is 0 Å². The van der Waals surface area contributed by atoms with Crippen molar-refractivity contribution >= 4 is 11.1 Å². The fourth-order valence-corrected chi connectivity index (χ4v) is 2.83. The average Bonchev–Trinajstić information content (AvgIpc) is 2.93. The molecule has 3 rings (SSSR count). The summed E-state index contributed by atoms with van der Waals surface area (Å²) in [4.78, 5) is 4.65. The van der Waals surface area contributed by atoms with Gasteiger partial charge in [-0.1, -0.05) is 39.7 Å². The Morgan fingerprint density at radius 2 is 1.89 bits per heavy atom. The van der Waals surface area contributed by atoms with Crippen LogP contribution in [0.4, 0.5) is 0 Å². The Morgan fingerprint density at radius 3 is 2.53 bits per heavy atom. The van der Waals surface area contributed by atoms with E-state index in [0.29, 0.717) is 5.89 Å². The minimum Gasteiger partial charge on any atom is -0.439 e. The van der Waals surface area contributed by atoms with E-state index in [1.807, 2.05) is 6.07 Å². The zero-order chi connectivity index (χ0) is 13.7. The van der Waals surface area contributed by atoms with Gasteiger partial charge in [-0.2, -0.15) is 0 Å². The molecule has 0 spiro atoms. The Labute approximate surface area is 114 Å². The molecule has 102 valence electrons. The molecular formula is C16H22N2O. The second-order valence-corrected chi connectivity index (χ2v) is 6.81. The molecule has 1 fully saturated rings. The van der Waals surface area contributed by atoms with Crippen molar-refractivity contribution in [2.45, 2.75) is 57.4 Å². The number of nitrogens with two attached hydrogens (primary N) is 1. The maximum atomic E-state index is 6.41. The lowest BCUT2D eigenvalue weighted by atomic mass is 9.87. The lowest BCUT2D eigenvalue weighted by Gasteiger charge is -2.18. The van der Waals surface area contributed by atoms with Crippen LogP contribution in [0.15, 0.2) is 22.6 Å². The Balaban J connectivity index is 2.06. The molecule has 0 amide bonds. The molecule has 1 heterocycles. The van der Waals surface area contributed by atoms with Crippen molar-refractivity contribution in [1.29, 1.82) is 0 Å². The molecule has 0 unspecified atom stereocenters. The molecule has 2 aromatic rings. The lowest BCUT2D eigenvalue weighted by Crippen LogP contribution is -2.33. The molecule has 0 atom stereocenters. The summed E-state index contributed by atoms with van der Waals surface area (Å²) in [7, 11) is 0. The van der Waals surface area contributed by atoms with Gasteiger partial charge in [0.05, 0.1) is 5.54 Å². The SMILES string of the molecule is CC(C)(C)c1ccc2oc(C3(N)CCCC3)nc2c1. The summed E-state index contributed by atoms with van der Waals surface area (Å²) in [5.74, 6) is 0.714. The van der Waals surface area contributed by atoms with Gasteiger partial charge in [0.1, 0.15) is 5.52 Å². The first kappa shape index (κ1) is 12.7. The van der Waals surface area contributed by atoms with Gasteiger partial charge in [0.15, 0.2) is 5.58 Å². The standard InChI is InChI=1S/C16H22N2O/c1-15(2,3)11-6-7-13-12(10-11)18-14(19-13)16(17)8-4-5-9-16/h6-7,10H,4-5,8-9,17H2,1-3H3. The number of oxazole rings is 1. The largest absolute Gasteiger partial charge is 0.439 e. The highest BCUT2D eigenvalue weighted by Gasteiger charge is 2.36. The van der Waals surface area contributed by atoms with Crippen molar-refractivity contribution in [2.24, 2.45) is 5.73 Å². The summed E-state index contributed by atoms with van der Waals surface area (Å²) >= 11 is 0. The first-order chi connectivity index (χ1) is 8.88. The third-order valence-electron chi connectivity index (χ3n) is 4.18. The molecule has 2 N–H and O–H groups in total. The molecule has 0 saturated heterocycles. The van der Waals surface area contributed by atoms with Crippen LogP contribution < -0.4 is 5.73 Å². The van der Waals surface area contributed by atoms with Gasteiger partial charge < -0.3 is 10.2 Å². The van der Waals surface area contributed by atoms with Gasteiger partial charge >= 0.3 is 0 Å². The normalized spacial score (nSPS) is 19.2. The van der Waals surface area contributed by atoms with Crippen LogP contribution >= 0.6 is 0 Å². The van der Waals surface area contributed by atoms with Gasteiger partial charge in [0.2, 0.25) is 5.89 Å². The van der Waals surface area contributed by atoms with Crippen LogP contribution in [0.1, 0.15) is 57.9 Å². The second kappa shape index (κ2) is 4.07. The lowest BCUT2D eigenvalue weighted by molar-refractivity contribution is 0.346. The molecule has 1 aliphatic carbocycles. The van der Waals surface area contributed by atoms with E-state index in [4.69, 9.17) is 10.2 Å². The maximum Gasteiger partial charge on any atom is 0.215 e. The zero-order valence-corrected chi connectivity index (χ0v) is 12.0. The monoisotopic (exact) mass is 258 g/mol. The highest BCUT2D eigenvalue weighted by molar-refractivity contribution is 5.74. The van der Waals surface area contributed by atoms with Gasteiger partial charge in [-0.05, 0) is 36.0 Å². The predicted molar refractivity (Wildman–Crippen MR) is 77.0 cm³/mol. The molecule has 0 bridgehead atoms.